The highest BCUT2D eigenvalue weighted by atomic mass is 35.5. The standard InChI is InChI=1S/C10H14ClN3O.C4H4O4/c1-14-6-2-3-8(14)7-15-10-5-4-9(11)12-13-10;5-3(6)1-2-4(7)8/h4-5,8H,2-3,6-7H2,1H3;1-2H,(H,5,6)(H,7,8)/t8-;/m0./s1. The molecule has 1 saturated heterocycles. The Bertz CT molecular complexity index is 534. The van der Waals surface area contributed by atoms with Crippen LogP contribution in [0.4, 0.5) is 0 Å². The first kappa shape index (κ1) is 18.9. The summed E-state index contributed by atoms with van der Waals surface area (Å²) >= 11 is 5.62. The van der Waals surface area contributed by atoms with Crippen LogP contribution >= 0.6 is 11.6 Å². The third-order valence-corrected chi connectivity index (χ3v) is 3.27. The second-order valence-electron chi connectivity index (χ2n) is 4.79. The van der Waals surface area contributed by atoms with Gasteiger partial charge >= 0.3 is 11.9 Å². The first-order valence-electron chi connectivity index (χ1n) is 6.84. The maximum Gasteiger partial charge on any atom is 0.328 e. The molecule has 0 radical (unpaired) electrons. The Hall–Kier alpha value is -2.19. The summed E-state index contributed by atoms with van der Waals surface area (Å²) in [6.45, 7) is 1.83. The van der Waals surface area contributed by atoms with Gasteiger partial charge in [0.25, 0.3) is 0 Å². The summed E-state index contributed by atoms with van der Waals surface area (Å²) in [5, 5.41) is 23.6. The molecule has 9 heteroatoms. The fourth-order valence-corrected chi connectivity index (χ4v) is 2.00. The molecule has 0 amide bonds. The zero-order valence-corrected chi connectivity index (χ0v) is 13.3. The molecule has 0 bridgehead atoms. The summed E-state index contributed by atoms with van der Waals surface area (Å²) in [7, 11) is 2.12. The van der Waals surface area contributed by atoms with E-state index in [2.05, 4.69) is 22.1 Å². The van der Waals surface area contributed by atoms with Crippen LogP contribution in [-0.2, 0) is 9.59 Å². The van der Waals surface area contributed by atoms with E-state index >= 15 is 0 Å². The minimum absolute atomic E-state index is 0.389. The second kappa shape index (κ2) is 9.75. The number of ether oxygens (including phenoxy) is 1. The number of hydrogen-bond donors (Lipinski definition) is 2. The van der Waals surface area contributed by atoms with Crippen molar-refractivity contribution in [3.8, 4) is 5.88 Å². The van der Waals surface area contributed by atoms with E-state index in [1.54, 1.807) is 12.1 Å². The molecule has 0 aromatic carbocycles. The molecule has 2 rings (SSSR count). The average Bonchev–Trinajstić information content (AvgIpc) is 2.91. The number of carbonyl (C=O) groups is 2. The lowest BCUT2D eigenvalue weighted by Gasteiger charge is -2.18. The van der Waals surface area contributed by atoms with E-state index in [0.29, 0.717) is 35.8 Å². The van der Waals surface area contributed by atoms with Gasteiger partial charge in [0.05, 0.1) is 0 Å². The monoisotopic (exact) mass is 343 g/mol. The molecule has 0 unspecified atom stereocenters. The number of aromatic nitrogens is 2. The molecule has 1 aliphatic rings. The molecule has 1 aromatic rings. The largest absolute Gasteiger partial charge is 0.478 e. The molecular weight excluding hydrogens is 326 g/mol. The van der Waals surface area contributed by atoms with E-state index in [0.717, 1.165) is 6.54 Å². The van der Waals surface area contributed by atoms with Gasteiger partial charge in [-0.1, -0.05) is 11.6 Å². The topological polar surface area (TPSA) is 113 Å². The van der Waals surface area contributed by atoms with Crippen molar-refractivity contribution in [2.75, 3.05) is 20.2 Å². The number of aliphatic carboxylic acids is 2. The zero-order chi connectivity index (χ0) is 17.2. The number of nitrogens with zero attached hydrogens (tertiary/aromatic N) is 3. The van der Waals surface area contributed by atoms with E-state index in [9.17, 15) is 9.59 Å². The molecule has 23 heavy (non-hydrogen) atoms. The Balaban J connectivity index is 0.000000284. The van der Waals surface area contributed by atoms with Crippen molar-refractivity contribution in [1.29, 1.82) is 0 Å². The van der Waals surface area contributed by atoms with E-state index < -0.39 is 11.9 Å². The maximum absolute atomic E-state index is 9.55. The summed E-state index contributed by atoms with van der Waals surface area (Å²) in [4.78, 5) is 21.4. The van der Waals surface area contributed by atoms with Crippen molar-refractivity contribution >= 4 is 23.5 Å². The highest BCUT2D eigenvalue weighted by Gasteiger charge is 2.21. The first-order chi connectivity index (χ1) is 10.9. The third kappa shape index (κ3) is 8.12. The van der Waals surface area contributed by atoms with Gasteiger partial charge in [-0.2, -0.15) is 0 Å². The molecule has 1 fully saturated rings. The normalized spacial score (nSPS) is 17.6. The molecule has 0 aliphatic carbocycles. The highest BCUT2D eigenvalue weighted by molar-refractivity contribution is 6.29. The van der Waals surface area contributed by atoms with Gasteiger partial charge in [-0.15, -0.1) is 10.2 Å². The fourth-order valence-electron chi connectivity index (χ4n) is 1.89. The number of carboxylic acids is 2. The quantitative estimate of drug-likeness (QED) is 0.769. The van der Waals surface area contributed by atoms with Gasteiger partial charge < -0.3 is 19.8 Å². The van der Waals surface area contributed by atoms with Crippen LogP contribution in [0.1, 0.15) is 12.8 Å². The number of rotatable bonds is 5. The summed E-state index contributed by atoms with van der Waals surface area (Å²) < 4.78 is 5.54. The average molecular weight is 344 g/mol. The van der Waals surface area contributed by atoms with Crippen LogP contribution in [-0.4, -0.2) is 63.5 Å². The van der Waals surface area contributed by atoms with Gasteiger partial charge in [0.2, 0.25) is 5.88 Å². The van der Waals surface area contributed by atoms with Gasteiger partial charge in [0.1, 0.15) is 6.61 Å². The van der Waals surface area contributed by atoms with Crippen molar-refractivity contribution < 1.29 is 24.5 Å². The predicted molar refractivity (Wildman–Crippen MR) is 82.6 cm³/mol. The predicted octanol–water partition coefficient (Wildman–Crippen LogP) is 1.31. The zero-order valence-electron chi connectivity index (χ0n) is 12.6. The number of halogens is 1. The van der Waals surface area contributed by atoms with E-state index in [1.807, 2.05) is 0 Å². The lowest BCUT2D eigenvalue weighted by Crippen LogP contribution is -2.30. The van der Waals surface area contributed by atoms with Crippen LogP contribution in [0.3, 0.4) is 0 Å². The third-order valence-electron chi connectivity index (χ3n) is 3.07. The van der Waals surface area contributed by atoms with Crippen molar-refractivity contribution in [3.63, 3.8) is 0 Å². The van der Waals surface area contributed by atoms with Crippen LogP contribution in [0, 0.1) is 0 Å². The molecule has 8 nitrogen and oxygen atoms in total. The molecule has 2 heterocycles. The maximum atomic E-state index is 9.55. The minimum Gasteiger partial charge on any atom is -0.478 e. The van der Waals surface area contributed by atoms with Crippen LogP contribution in [0.2, 0.25) is 5.15 Å². The van der Waals surface area contributed by atoms with Crippen molar-refractivity contribution in [1.82, 2.24) is 15.1 Å². The van der Waals surface area contributed by atoms with Gasteiger partial charge in [0, 0.05) is 24.3 Å². The first-order valence-corrected chi connectivity index (χ1v) is 7.22. The molecule has 0 saturated carbocycles. The van der Waals surface area contributed by atoms with Gasteiger partial charge in [-0.3, -0.25) is 0 Å². The van der Waals surface area contributed by atoms with Crippen molar-refractivity contribution in [3.05, 3.63) is 29.4 Å². The minimum atomic E-state index is -1.26. The van der Waals surface area contributed by atoms with E-state index in [1.165, 1.54) is 12.8 Å². The van der Waals surface area contributed by atoms with Crippen LogP contribution in [0.15, 0.2) is 24.3 Å². The Morgan fingerprint density at radius 2 is 2.00 bits per heavy atom. The number of hydrogen-bond acceptors (Lipinski definition) is 6. The Morgan fingerprint density at radius 3 is 2.43 bits per heavy atom. The Labute approximate surface area is 138 Å². The number of likely N-dealkylation sites (N-methyl/N-ethyl adjacent to an activating group) is 1. The SMILES string of the molecule is CN1CCC[C@H]1COc1ccc(Cl)nn1.O=C(O)C=CC(=O)O. The van der Waals surface area contributed by atoms with Gasteiger partial charge in [-0.25, -0.2) is 9.59 Å². The molecule has 2 N–H and O–H groups in total. The molecule has 1 aliphatic heterocycles. The molecular formula is C14H18ClN3O5. The van der Waals surface area contributed by atoms with Crippen LogP contribution < -0.4 is 4.74 Å². The van der Waals surface area contributed by atoms with Gasteiger partial charge in [-0.05, 0) is 32.5 Å². The summed E-state index contributed by atoms with van der Waals surface area (Å²) in [6, 6.07) is 3.93. The Morgan fingerprint density at radius 1 is 1.35 bits per heavy atom. The fraction of sp³-hybridized carbons (Fsp3) is 0.429. The summed E-state index contributed by atoms with van der Waals surface area (Å²) in [6.07, 6.45) is 3.55. The summed E-state index contributed by atoms with van der Waals surface area (Å²) in [5.74, 6) is -1.97. The molecule has 126 valence electrons. The second-order valence-corrected chi connectivity index (χ2v) is 5.18. The Kier molecular flexibility index (Phi) is 8.00. The lowest BCUT2D eigenvalue weighted by atomic mass is 10.2. The molecule has 1 aromatic heterocycles. The summed E-state index contributed by atoms with van der Waals surface area (Å²) in [5.41, 5.74) is 0. The van der Waals surface area contributed by atoms with Crippen molar-refractivity contribution in [2.24, 2.45) is 0 Å². The van der Waals surface area contributed by atoms with E-state index in [-0.39, 0.29) is 0 Å². The van der Waals surface area contributed by atoms with Crippen LogP contribution in [0.25, 0.3) is 0 Å². The molecule has 1 atom stereocenters. The number of carboxylic acid groups (broad SMARTS) is 2. The molecule has 0 spiro atoms. The van der Waals surface area contributed by atoms with Gasteiger partial charge in [0.15, 0.2) is 5.15 Å². The number of likely N-dealkylation sites (tertiary alicyclic amines) is 1. The van der Waals surface area contributed by atoms with E-state index in [4.69, 9.17) is 26.6 Å². The van der Waals surface area contributed by atoms with Crippen molar-refractivity contribution in [2.45, 2.75) is 18.9 Å². The van der Waals surface area contributed by atoms with Crippen LogP contribution in [0.5, 0.6) is 5.88 Å². The smallest absolute Gasteiger partial charge is 0.328 e. The highest BCUT2D eigenvalue weighted by Crippen LogP contribution is 2.16. The lowest BCUT2D eigenvalue weighted by molar-refractivity contribution is -0.134.